The van der Waals surface area contributed by atoms with Crippen LogP contribution in [0.4, 0.5) is 11.9 Å². The maximum absolute atomic E-state index is 5.81. The van der Waals surface area contributed by atoms with Gasteiger partial charge in [-0.1, -0.05) is 0 Å². The number of hydrogen-bond acceptors (Lipinski definition) is 9. The predicted octanol–water partition coefficient (Wildman–Crippen LogP) is 1.68. The molecule has 126 valence electrons. The second-order valence-electron chi connectivity index (χ2n) is 4.06. The molecule has 0 fully saturated rings. The van der Waals surface area contributed by atoms with Crippen LogP contribution in [0, 0.1) is 0 Å². The van der Waals surface area contributed by atoms with Gasteiger partial charge in [-0.15, -0.1) is 0 Å². The van der Waals surface area contributed by atoms with Crippen LogP contribution in [0.5, 0.6) is 6.01 Å². The minimum absolute atomic E-state index is 0.225. The quantitative estimate of drug-likeness (QED) is 0.841. The monoisotopic (exact) mass is 340 g/mol. The molecule has 0 radical (unpaired) electrons. The van der Waals surface area contributed by atoms with Gasteiger partial charge in [0.05, 0.1) is 7.11 Å². The average Bonchev–Trinajstić information content (AvgIpc) is 2.57. The summed E-state index contributed by atoms with van der Waals surface area (Å²) in [6.45, 7) is 8.54. The fraction of sp³-hybridized carbons (Fsp3) is 0.538. The van der Waals surface area contributed by atoms with Gasteiger partial charge in [-0.2, -0.15) is 24.9 Å². The van der Waals surface area contributed by atoms with Crippen LogP contribution in [0.25, 0.3) is 0 Å². The van der Waals surface area contributed by atoms with E-state index in [1.54, 1.807) is 0 Å². The molecule has 0 aliphatic rings. The second kappa shape index (κ2) is 10.4. The lowest BCUT2D eigenvalue weighted by Crippen LogP contribution is -2.25. The number of aromatic nitrogens is 6. The normalized spacial score (nSPS) is 9.61. The minimum Gasteiger partial charge on any atom is -0.467 e. The molecule has 2 heterocycles. The van der Waals surface area contributed by atoms with Gasteiger partial charge in [-0.05, 0) is 32.4 Å². The lowest BCUT2D eigenvalue weighted by atomic mass is 10.5. The van der Waals surface area contributed by atoms with E-state index in [0.29, 0.717) is 17.9 Å². The van der Waals surface area contributed by atoms with Gasteiger partial charge in [0.2, 0.25) is 17.2 Å². The van der Waals surface area contributed by atoms with Crippen LogP contribution < -0.4 is 15.0 Å². The summed E-state index contributed by atoms with van der Waals surface area (Å²) in [5, 5.41) is 3.24. The summed E-state index contributed by atoms with van der Waals surface area (Å²) in [5.74, 6) is 1.15. The Bertz CT molecular complexity index is 567. The van der Waals surface area contributed by atoms with Crippen LogP contribution in [-0.2, 0) is 0 Å². The van der Waals surface area contributed by atoms with Crippen molar-refractivity contribution in [3.8, 4) is 6.01 Å². The highest BCUT2D eigenvalue weighted by atomic mass is 35.5. The number of halogens is 1. The van der Waals surface area contributed by atoms with Gasteiger partial charge in [0.15, 0.2) is 0 Å². The van der Waals surface area contributed by atoms with Gasteiger partial charge < -0.3 is 15.0 Å². The van der Waals surface area contributed by atoms with Crippen LogP contribution in [0.3, 0.4) is 0 Å². The van der Waals surface area contributed by atoms with E-state index in [1.807, 2.05) is 25.7 Å². The molecule has 0 aromatic carbocycles. The van der Waals surface area contributed by atoms with Crippen molar-refractivity contribution < 1.29 is 4.74 Å². The van der Waals surface area contributed by atoms with E-state index in [4.69, 9.17) is 11.6 Å². The van der Waals surface area contributed by atoms with Crippen molar-refractivity contribution in [3.63, 3.8) is 0 Å². The van der Waals surface area contributed by atoms with Crippen molar-refractivity contribution in [1.82, 2.24) is 29.9 Å². The van der Waals surface area contributed by atoms with Crippen molar-refractivity contribution in [2.24, 2.45) is 0 Å². The van der Waals surface area contributed by atoms with Crippen LogP contribution in [0.15, 0.2) is 12.7 Å². The van der Waals surface area contributed by atoms with E-state index in [-0.39, 0.29) is 5.28 Å². The summed E-state index contributed by atoms with van der Waals surface area (Å²) >= 11 is 5.81. The van der Waals surface area contributed by atoms with E-state index < -0.39 is 0 Å². The first-order valence-corrected chi connectivity index (χ1v) is 7.58. The first-order chi connectivity index (χ1) is 11.1. The van der Waals surface area contributed by atoms with E-state index >= 15 is 0 Å². The zero-order valence-corrected chi connectivity index (χ0v) is 14.4. The topological polar surface area (TPSA) is 102 Å². The number of nitrogens with zero attached hydrogens (tertiary/aromatic N) is 7. The number of methoxy groups -OCH3 is 1. The summed E-state index contributed by atoms with van der Waals surface area (Å²) in [6, 6.07) is 0.347. The van der Waals surface area contributed by atoms with Gasteiger partial charge in [-0.25, -0.2) is 4.98 Å². The van der Waals surface area contributed by atoms with Crippen molar-refractivity contribution >= 4 is 23.5 Å². The molecule has 0 unspecified atom stereocenters. The van der Waals surface area contributed by atoms with Crippen molar-refractivity contribution in [3.05, 3.63) is 17.9 Å². The third-order valence-electron chi connectivity index (χ3n) is 2.63. The largest absolute Gasteiger partial charge is 0.467 e. The fourth-order valence-corrected chi connectivity index (χ4v) is 1.71. The summed E-state index contributed by atoms with van der Waals surface area (Å²) < 4.78 is 4.65. The lowest BCUT2D eigenvalue weighted by Gasteiger charge is -2.18. The molecule has 9 nitrogen and oxygen atoms in total. The molecule has 0 bridgehead atoms. The Morgan fingerprint density at radius 3 is 2.22 bits per heavy atom. The number of anilines is 2. The number of hydrogen-bond donors (Lipinski definition) is 1. The van der Waals surface area contributed by atoms with Crippen LogP contribution in [0.1, 0.15) is 20.8 Å². The average molecular weight is 341 g/mol. The Balaban J connectivity index is 0.000000277. The zero-order chi connectivity index (χ0) is 17.1. The van der Waals surface area contributed by atoms with Crippen molar-refractivity contribution in [1.29, 1.82) is 0 Å². The Morgan fingerprint density at radius 1 is 1.09 bits per heavy atom. The molecule has 1 N–H and O–H groups in total. The second-order valence-corrected chi connectivity index (χ2v) is 4.39. The molecule has 0 saturated heterocycles. The van der Waals surface area contributed by atoms with Crippen molar-refractivity contribution in [2.45, 2.75) is 20.8 Å². The molecule has 0 amide bonds. The maximum atomic E-state index is 5.81. The highest BCUT2D eigenvalue weighted by Gasteiger charge is 2.09. The van der Waals surface area contributed by atoms with Crippen LogP contribution in [-0.4, -0.2) is 56.6 Å². The SMILES string of the molecule is CCNc1nc(Cl)nc(N(CC)CC)n1.COc1ncncn1. The summed E-state index contributed by atoms with van der Waals surface area (Å²) in [4.78, 5) is 25.3. The number of nitrogens with one attached hydrogen (secondary N) is 1. The molecule has 0 spiro atoms. The van der Waals surface area contributed by atoms with E-state index in [1.165, 1.54) is 19.8 Å². The lowest BCUT2D eigenvalue weighted by molar-refractivity contribution is 0.378. The Hall–Kier alpha value is -2.29. The molecule has 0 atom stereocenters. The minimum atomic E-state index is 0.225. The van der Waals surface area contributed by atoms with Crippen LogP contribution >= 0.6 is 11.6 Å². The smallest absolute Gasteiger partial charge is 0.319 e. The van der Waals surface area contributed by atoms with E-state index in [9.17, 15) is 0 Å². The van der Waals surface area contributed by atoms with Gasteiger partial charge in [-0.3, -0.25) is 0 Å². The first-order valence-electron chi connectivity index (χ1n) is 7.20. The fourth-order valence-electron chi connectivity index (χ4n) is 1.56. The molecule has 0 aliphatic carbocycles. The van der Waals surface area contributed by atoms with E-state index in [0.717, 1.165) is 19.6 Å². The highest BCUT2D eigenvalue weighted by Crippen LogP contribution is 2.13. The highest BCUT2D eigenvalue weighted by molar-refractivity contribution is 6.28. The summed E-state index contributed by atoms with van der Waals surface area (Å²) in [6.07, 6.45) is 2.76. The Labute approximate surface area is 140 Å². The third-order valence-corrected chi connectivity index (χ3v) is 2.80. The standard InChI is InChI=1S/C9H16ClN5.C4H5N3O/c1-4-11-8-12-7(10)13-9(14-8)15(5-2)6-3;1-8-4-6-2-5-3-7-4/h4-6H2,1-3H3,(H,11,12,13,14);2-3H,1H3. The van der Waals surface area contributed by atoms with Crippen LogP contribution in [0.2, 0.25) is 5.28 Å². The van der Waals surface area contributed by atoms with Gasteiger partial charge in [0.25, 0.3) is 0 Å². The molecular formula is C13H21ClN8O. The van der Waals surface area contributed by atoms with Gasteiger partial charge >= 0.3 is 6.01 Å². The molecule has 2 aromatic heterocycles. The van der Waals surface area contributed by atoms with E-state index in [2.05, 4.69) is 40.0 Å². The molecule has 10 heteroatoms. The third kappa shape index (κ3) is 6.55. The molecule has 0 saturated carbocycles. The summed E-state index contributed by atoms with van der Waals surface area (Å²) in [5.41, 5.74) is 0. The Morgan fingerprint density at radius 2 is 1.74 bits per heavy atom. The van der Waals surface area contributed by atoms with Gasteiger partial charge in [0, 0.05) is 19.6 Å². The zero-order valence-electron chi connectivity index (χ0n) is 13.7. The summed E-state index contributed by atoms with van der Waals surface area (Å²) in [7, 11) is 1.51. The maximum Gasteiger partial charge on any atom is 0.319 e. The van der Waals surface area contributed by atoms with Crippen molar-refractivity contribution in [2.75, 3.05) is 37.0 Å². The number of rotatable bonds is 6. The number of ether oxygens (including phenoxy) is 1. The Kier molecular flexibility index (Phi) is 8.51. The molecule has 2 aromatic rings. The molecule has 2 rings (SSSR count). The predicted molar refractivity (Wildman–Crippen MR) is 88.9 cm³/mol. The van der Waals surface area contributed by atoms with Gasteiger partial charge in [0.1, 0.15) is 12.7 Å². The molecular weight excluding hydrogens is 320 g/mol. The molecule has 0 aliphatic heterocycles. The first kappa shape index (κ1) is 18.8. The molecule has 23 heavy (non-hydrogen) atoms.